The summed E-state index contributed by atoms with van der Waals surface area (Å²) in [4.78, 5) is 48.7. The van der Waals surface area contributed by atoms with E-state index in [9.17, 15) is 19.2 Å². The molecule has 0 saturated heterocycles. The van der Waals surface area contributed by atoms with Gasteiger partial charge in [0, 0.05) is 0 Å². The molecule has 0 aliphatic heterocycles. The Morgan fingerprint density at radius 1 is 0.550 bits per heavy atom. The zero-order chi connectivity index (χ0) is 31.9. The molecule has 40 heavy (non-hydrogen) atoms. The minimum atomic E-state index is -1.83. The van der Waals surface area contributed by atoms with E-state index in [1.54, 1.807) is 0 Å². The molecule has 0 spiro atoms. The van der Waals surface area contributed by atoms with Crippen molar-refractivity contribution in [3.8, 4) is 0 Å². The van der Waals surface area contributed by atoms with E-state index in [2.05, 4.69) is 23.8 Å². The monoisotopic (exact) mass is 652 g/mol. The predicted octanol–water partition coefficient (Wildman–Crippen LogP) is 3.93. The summed E-state index contributed by atoms with van der Waals surface area (Å²) < 4.78 is 31.4. The van der Waals surface area contributed by atoms with E-state index in [1.165, 1.54) is 51.4 Å². The number of hydrogen-bond acceptors (Lipinski definition) is 8. The normalized spacial score (nSPS) is 8.95. The fourth-order valence-corrected chi connectivity index (χ4v) is 2.49. The molecule has 1 aromatic heterocycles. The number of carbonyl (C=O) groups is 4. The summed E-state index contributed by atoms with van der Waals surface area (Å²) in [5, 5.41) is 34.6. The van der Waals surface area contributed by atoms with Crippen LogP contribution in [0.3, 0.4) is 0 Å². The molecule has 0 fully saturated rings. The zero-order valence-corrected chi connectivity index (χ0v) is 25.2. The van der Waals surface area contributed by atoms with Gasteiger partial charge in [0.05, 0.1) is 0 Å². The summed E-state index contributed by atoms with van der Waals surface area (Å²) in [6.45, 7) is 5.65. The zero-order valence-electron chi connectivity index (χ0n) is 22.4. The van der Waals surface area contributed by atoms with Gasteiger partial charge in [-0.2, -0.15) is 13.1 Å². The van der Waals surface area contributed by atoms with Gasteiger partial charge in [0.1, 0.15) is 0 Å². The van der Waals surface area contributed by atoms with Crippen LogP contribution in [0, 0.1) is 0 Å². The number of rotatable bonds is 14. The van der Waals surface area contributed by atoms with Crippen molar-refractivity contribution >= 4 is 23.9 Å². The number of hydrogen-bond donors (Lipinski definition) is 6. The molecule has 16 nitrogen and oxygen atoms in total. The molecule has 0 aliphatic rings. The second-order valence-corrected chi connectivity index (χ2v) is 7.84. The molecule has 230 valence electrons. The van der Waals surface area contributed by atoms with E-state index >= 15 is 0 Å². The van der Waals surface area contributed by atoms with Crippen LogP contribution in [0.2, 0.25) is 0 Å². The molecular formula is C22H38N4O12V2-2. The first-order valence-electron chi connectivity index (χ1n) is 12.0. The average molecular weight is 652 g/mol. The summed E-state index contributed by atoms with van der Waals surface area (Å²) in [6.07, 6.45) is 12.7. The van der Waals surface area contributed by atoms with Crippen LogP contribution in [0.5, 0.6) is 0 Å². The molecular weight excluding hydrogens is 614 g/mol. The van der Waals surface area contributed by atoms with Crippen molar-refractivity contribution in [2.75, 3.05) is 13.1 Å². The molecule has 0 radical (unpaired) electrons. The molecule has 0 saturated carbocycles. The van der Waals surface area contributed by atoms with Crippen LogP contribution in [0.25, 0.3) is 11.5 Å². The van der Waals surface area contributed by atoms with E-state index in [1.807, 2.05) is 0 Å². The van der Waals surface area contributed by atoms with E-state index in [0.717, 1.165) is 12.8 Å². The third-order valence-corrected chi connectivity index (χ3v) is 4.27. The van der Waals surface area contributed by atoms with Crippen LogP contribution in [0.1, 0.15) is 120 Å². The molecule has 0 atom stereocenters. The first-order valence-corrected chi connectivity index (χ1v) is 14.4. The van der Waals surface area contributed by atoms with Gasteiger partial charge in [0.25, 0.3) is 0 Å². The molecule has 0 aliphatic carbocycles. The van der Waals surface area contributed by atoms with Crippen molar-refractivity contribution in [2.24, 2.45) is 0 Å². The second-order valence-electron chi connectivity index (χ2n) is 7.33. The average Bonchev–Trinajstić information content (AvgIpc) is 2.90. The number of aromatic carboxylic acids is 4. The molecule has 8 N–H and O–H groups in total. The Morgan fingerprint density at radius 3 is 0.900 bits per heavy atom. The first-order chi connectivity index (χ1) is 18.9. The Labute approximate surface area is 246 Å². The van der Waals surface area contributed by atoms with Gasteiger partial charge in [-0.25, -0.2) is 29.1 Å². The summed E-state index contributed by atoms with van der Waals surface area (Å²) in [5.74, 6) is -7.34. The van der Waals surface area contributed by atoms with Crippen LogP contribution in [-0.2, 0) is 40.5 Å². The second kappa shape index (κ2) is 32.8. The van der Waals surface area contributed by atoms with Crippen LogP contribution in [0.4, 0.5) is 0 Å². The Balaban J connectivity index is -0.000000245. The first kappa shape index (κ1) is 44.6. The van der Waals surface area contributed by atoms with Gasteiger partial charge in [-0.15, -0.1) is 0 Å². The van der Waals surface area contributed by atoms with E-state index < -0.39 is 79.8 Å². The predicted molar refractivity (Wildman–Crippen MR) is 132 cm³/mol. The third-order valence-electron chi connectivity index (χ3n) is 4.27. The number of carboxylic acids is 4. The summed E-state index contributed by atoms with van der Waals surface area (Å²) >= 11 is -3.12. The number of nitrogens with one attached hydrogen (secondary N) is 2. The van der Waals surface area contributed by atoms with Gasteiger partial charge in [0.15, 0.2) is 22.8 Å². The van der Waals surface area contributed by atoms with Gasteiger partial charge in [-0.1, -0.05) is 78.1 Å². The van der Waals surface area contributed by atoms with Crippen molar-refractivity contribution in [1.82, 2.24) is 9.97 Å². The molecule has 0 bridgehead atoms. The summed E-state index contributed by atoms with van der Waals surface area (Å²) in [6, 6.07) is 0. The maximum atomic E-state index is 10.7. The molecule has 1 rings (SSSR count). The molecule has 0 amide bonds. The maximum absolute atomic E-state index is 10.7. The van der Waals surface area contributed by atoms with Gasteiger partial charge in [0.2, 0.25) is 0 Å². The van der Waals surface area contributed by atoms with E-state index in [4.69, 9.17) is 47.3 Å². The van der Waals surface area contributed by atoms with Crippen LogP contribution < -0.4 is 0 Å². The number of unbranched alkanes of at least 4 members (excludes halogenated alkanes) is 8. The standard InChI is InChI=1S/C8H4N2O8.2C7H16N.2H2O.2O.2V/c11-5(12)1-2(6(13)14)10-4(8(17)18)3(9-1)7(15)16;2*1-2-3-4-5-6-7-8;;;;;;/h(H,11,12)(H,13,14)(H,15,16)(H,17,18);2*8H,2-7H2,1H3;2*1H2;;;;/q;2*-1;;;;;2*+1/p-2. The number of carboxylic acid groups (broad SMARTS) is 4. The molecule has 0 unspecified atom stereocenters. The number of nitrogens with zero attached hydrogens (tertiary/aromatic N) is 2. The Kier molecular flexibility index (Phi) is 36.5. The van der Waals surface area contributed by atoms with E-state index in [0.29, 0.717) is 13.1 Å². The van der Waals surface area contributed by atoms with Gasteiger partial charge < -0.3 is 31.9 Å². The molecule has 1 heterocycles. The third kappa shape index (κ3) is 27.1. The van der Waals surface area contributed by atoms with Gasteiger partial charge in [-0.05, 0) is 0 Å². The fraction of sp³-hybridized carbons (Fsp3) is 0.636. The van der Waals surface area contributed by atoms with Crippen molar-refractivity contribution in [2.45, 2.75) is 78.1 Å². The molecule has 1 aromatic rings. The quantitative estimate of drug-likeness (QED) is 0.155. The van der Waals surface area contributed by atoms with Gasteiger partial charge in [-0.3, -0.25) is 0 Å². The molecule has 18 heteroatoms. The van der Waals surface area contributed by atoms with Crippen molar-refractivity contribution in [1.29, 1.82) is 0 Å². The topological polar surface area (TPSA) is 297 Å². The number of aromatic nitrogens is 2. The van der Waals surface area contributed by atoms with Crippen LogP contribution in [0.15, 0.2) is 0 Å². The summed E-state index contributed by atoms with van der Waals surface area (Å²) in [7, 11) is 0. The van der Waals surface area contributed by atoms with Crippen molar-refractivity contribution < 1.29 is 88.2 Å². The summed E-state index contributed by atoms with van der Waals surface area (Å²) in [5.41, 5.74) is 9.08. The Bertz CT molecular complexity index is 748. The van der Waals surface area contributed by atoms with Crippen LogP contribution in [-0.4, -0.2) is 75.4 Å². The van der Waals surface area contributed by atoms with Crippen molar-refractivity contribution in [3.05, 3.63) is 34.2 Å². The fourth-order valence-electron chi connectivity index (χ4n) is 2.49. The van der Waals surface area contributed by atoms with Gasteiger partial charge >= 0.3 is 72.5 Å². The SMILES string of the molecule is CCCCCCC[NH-].CCCCCCC[NH-].O=C(O)c1nc(C(=O)O)c(C(=O)O)nc1C(=O)O.[O]=[V][OH].[O]=[V][OH]. The Hall–Kier alpha value is -2.43. The Morgan fingerprint density at radius 2 is 0.750 bits per heavy atom. The van der Waals surface area contributed by atoms with Crippen LogP contribution >= 0.6 is 0 Å². The van der Waals surface area contributed by atoms with Crippen molar-refractivity contribution in [3.63, 3.8) is 0 Å². The molecule has 0 aromatic carbocycles. The van der Waals surface area contributed by atoms with E-state index in [-0.39, 0.29) is 0 Å². The minimum absolute atomic E-state index is 0.615.